The van der Waals surface area contributed by atoms with Crippen LogP contribution < -0.4 is 4.74 Å². The summed E-state index contributed by atoms with van der Waals surface area (Å²) in [6.07, 6.45) is 4.90. The molecule has 22 heavy (non-hydrogen) atoms. The van der Waals surface area contributed by atoms with Crippen molar-refractivity contribution in [2.45, 2.75) is 0 Å². The Kier molecular flexibility index (Phi) is 6.00. The first-order chi connectivity index (χ1) is 10.8. The van der Waals surface area contributed by atoms with Gasteiger partial charge in [0.2, 0.25) is 0 Å². The highest BCUT2D eigenvalue weighted by Crippen LogP contribution is 2.12. The molecule has 2 aromatic rings. The van der Waals surface area contributed by atoms with Gasteiger partial charge >= 0.3 is 5.97 Å². The zero-order valence-corrected chi connectivity index (χ0v) is 12.3. The Bertz CT molecular complexity index is 627. The fraction of sp³-hybridized carbons (Fsp3) is 0.105. The predicted octanol–water partition coefficient (Wildman–Crippen LogP) is 3.97. The van der Waals surface area contributed by atoms with Crippen molar-refractivity contribution < 1.29 is 14.3 Å². The highest BCUT2D eigenvalue weighted by Gasteiger charge is 1.98. The van der Waals surface area contributed by atoms with Gasteiger partial charge in [-0.15, -0.1) is 0 Å². The summed E-state index contributed by atoms with van der Waals surface area (Å²) in [5.74, 6) is 0.357. The molecule has 0 spiro atoms. The van der Waals surface area contributed by atoms with Crippen LogP contribution in [0.3, 0.4) is 0 Å². The van der Waals surface area contributed by atoms with Crippen LogP contribution in [0.4, 0.5) is 0 Å². The van der Waals surface area contributed by atoms with Crippen LogP contribution in [0.15, 0.2) is 67.3 Å². The molecule has 0 bridgehead atoms. The highest BCUT2D eigenvalue weighted by molar-refractivity contribution is 5.87. The summed E-state index contributed by atoms with van der Waals surface area (Å²) in [6, 6.07) is 17.1. The first kappa shape index (κ1) is 15.6. The predicted molar refractivity (Wildman–Crippen MR) is 88.5 cm³/mol. The van der Waals surface area contributed by atoms with Crippen molar-refractivity contribution in [3.63, 3.8) is 0 Å². The van der Waals surface area contributed by atoms with E-state index < -0.39 is 0 Å². The zero-order valence-electron chi connectivity index (χ0n) is 12.3. The number of ether oxygens (including phenoxy) is 2. The van der Waals surface area contributed by atoms with Gasteiger partial charge in [0, 0.05) is 6.08 Å². The number of hydrogen-bond donors (Lipinski definition) is 0. The molecule has 2 rings (SSSR count). The summed E-state index contributed by atoms with van der Waals surface area (Å²) >= 11 is 0. The summed E-state index contributed by atoms with van der Waals surface area (Å²) in [4.78, 5) is 11.5. The molecule has 0 amide bonds. The number of esters is 1. The number of carbonyl (C=O) groups is 1. The fourth-order valence-electron chi connectivity index (χ4n) is 1.78. The molecule has 0 aliphatic rings. The molecule has 3 heteroatoms. The standard InChI is InChI=1S/C19H18O3/c1-2-16-8-11-18(12-9-16)21-14-15-22-19(20)13-10-17-6-4-3-5-7-17/h2-13H,1,14-15H2/b13-10+. The SMILES string of the molecule is C=Cc1ccc(OCCOC(=O)/C=C/c2ccccc2)cc1. The van der Waals surface area contributed by atoms with Gasteiger partial charge in [-0.25, -0.2) is 4.79 Å². The van der Waals surface area contributed by atoms with Gasteiger partial charge in [0.15, 0.2) is 0 Å². The molecular formula is C19H18O3. The smallest absolute Gasteiger partial charge is 0.330 e. The summed E-state index contributed by atoms with van der Waals surface area (Å²) in [6.45, 7) is 4.22. The minimum Gasteiger partial charge on any atom is -0.490 e. The number of rotatable bonds is 7. The second-order valence-corrected chi connectivity index (χ2v) is 4.53. The first-order valence-corrected chi connectivity index (χ1v) is 7.03. The minimum absolute atomic E-state index is 0.209. The van der Waals surface area contributed by atoms with E-state index in [9.17, 15) is 4.79 Å². The lowest BCUT2D eigenvalue weighted by Crippen LogP contribution is -2.10. The third kappa shape index (κ3) is 5.29. The maximum absolute atomic E-state index is 11.5. The van der Waals surface area contributed by atoms with E-state index in [1.165, 1.54) is 6.08 Å². The molecule has 0 aliphatic carbocycles. The van der Waals surface area contributed by atoms with Crippen LogP contribution in [-0.4, -0.2) is 19.2 Å². The molecule has 0 radical (unpaired) electrons. The molecule has 0 aliphatic heterocycles. The van der Waals surface area contributed by atoms with Gasteiger partial charge in [-0.3, -0.25) is 0 Å². The monoisotopic (exact) mass is 294 g/mol. The topological polar surface area (TPSA) is 35.5 Å². The molecule has 0 aromatic heterocycles. The number of benzene rings is 2. The summed E-state index contributed by atoms with van der Waals surface area (Å²) in [5.41, 5.74) is 1.99. The molecule has 0 fully saturated rings. The van der Waals surface area contributed by atoms with Crippen molar-refractivity contribution in [2.24, 2.45) is 0 Å². The maximum Gasteiger partial charge on any atom is 0.330 e. The van der Waals surface area contributed by atoms with E-state index in [0.717, 1.165) is 16.9 Å². The van der Waals surface area contributed by atoms with Crippen LogP contribution in [0.5, 0.6) is 5.75 Å². The molecule has 0 saturated carbocycles. The van der Waals surface area contributed by atoms with E-state index in [0.29, 0.717) is 6.61 Å². The third-order valence-electron chi connectivity index (χ3n) is 2.92. The van der Waals surface area contributed by atoms with Gasteiger partial charge in [0.25, 0.3) is 0 Å². The molecule has 0 N–H and O–H groups in total. The second-order valence-electron chi connectivity index (χ2n) is 4.53. The van der Waals surface area contributed by atoms with Crippen LogP contribution in [0, 0.1) is 0 Å². The van der Waals surface area contributed by atoms with Crippen molar-refractivity contribution in [3.05, 3.63) is 78.4 Å². The lowest BCUT2D eigenvalue weighted by atomic mass is 10.2. The van der Waals surface area contributed by atoms with E-state index in [4.69, 9.17) is 9.47 Å². The van der Waals surface area contributed by atoms with Gasteiger partial charge in [-0.1, -0.05) is 55.1 Å². The van der Waals surface area contributed by atoms with Gasteiger partial charge < -0.3 is 9.47 Å². The van der Waals surface area contributed by atoms with E-state index in [2.05, 4.69) is 6.58 Å². The van der Waals surface area contributed by atoms with Crippen LogP contribution in [-0.2, 0) is 9.53 Å². The summed E-state index contributed by atoms with van der Waals surface area (Å²) in [7, 11) is 0. The summed E-state index contributed by atoms with van der Waals surface area (Å²) < 4.78 is 10.5. The zero-order chi connectivity index (χ0) is 15.6. The van der Waals surface area contributed by atoms with E-state index in [1.807, 2.05) is 54.6 Å². The van der Waals surface area contributed by atoms with Gasteiger partial charge in [-0.2, -0.15) is 0 Å². The van der Waals surface area contributed by atoms with Crippen LogP contribution in [0.2, 0.25) is 0 Å². The van der Waals surface area contributed by atoms with Crippen LogP contribution >= 0.6 is 0 Å². The van der Waals surface area contributed by atoms with E-state index in [1.54, 1.807) is 12.2 Å². The van der Waals surface area contributed by atoms with Crippen molar-refractivity contribution >= 4 is 18.1 Å². The number of carbonyl (C=O) groups excluding carboxylic acids is 1. The molecular weight excluding hydrogens is 276 g/mol. The van der Waals surface area contributed by atoms with Crippen LogP contribution in [0.1, 0.15) is 11.1 Å². The Morgan fingerprint density at radius 3 is 2.36 bits per heavy atom. The lowest BCUT2D eigenvalue weighted by Gasteiger charge is -2.06. The first-order valence-electron chi connectivity index (χ1n) is 7.03. The highest BCUT2D eigenvalue weighted by atomic mass is 16.6. The molecule has 3 nitrogen and oxygen atoms in total. The quantitative estimate of drug-likeness (QED) is 0.440. The molecule has 0 unspecified atom stereocenters. The Balaban J connectivity index is 1.68. The average Bonchev–Trinajstić information content (AvgIpc) is 2.58. The van der Waals surface area contributed by atoms with Gasteiger partial charge in [-0.05, 0) is 29.3 Å². The van der Waals surface area contributed by atoms with Crippen molar-refractivity contribution in [3.8, 4) is 5.75 Å². The van der Waals surface area contributed by atoms with Crippen LogP contribution in [0.25, 0.3) is 12.2 Å². The van der Waals surface area contributed by atoms with E-state index >= 15 is 0 Å². The van der Waals surface area contributed by atoms with E-state index in [-0.39, 0.29) is 12.6 Å². The largest absolute Gasteiger partial charge is 0.490 e. The molecule has 0 atom stereocenters. The Morgan fingerprint density at radius 1 is 0.955 bits per heavy atom. The Labute approximate surface area is 130 Å². The lowest BCUT2D eigenvalue weighted by molar-refractivity contribution is -0.138. The number of hydrogen-bond acceptors (Lipinski definition) is 3. The van der Waals surface area contributed by atoms with Crippen molar-refractivity contribution in [2.75, 3.05) is 13.2 Å². The minimum atomic E-state index is -0.380. The Morgan fingerprint density at radius 2 is 1.68 bits per heavy atom. The maximum atomic E-state index is 11.5. The fourth-order valence-corrected chi connectivity index (χ4v) is 1.78. The van der Waals surface area contributed by atoms with Crippen molar-refractivity contribution in [1.29, 1.82) is 0 Å². The van der Waals surface area contributed by atoms with Crippen molar-refractivity contribution in [1.82, 2.24) is 0 Å². The molecule has 112 valence electrons. The second kappa shape index (κ2) is 8.47. The third-order valence-corrected chi connectivity index (χ3v) is 2.92. The Hall–Kier alpha value is -2.81. The molecule has 0 heterocycles. The average molecular weight is 294 g/mol. The molecule has 2 aromatic carbocycles. The normalized spacial score (nSPS) is 10.4. The van der Waals surface area contributed by atoms with Gasteiger partial charge in [0.05, 0.1) is 0 Å². The summed E-state index contributed by atoms with van der Waals surface area (Å²) in [5, 5.41) is 0. The van der Waals surface area contributed by atoms with Gasteiger partial charge in [0.1, 0.15) is 19.0 Å². The molecule has 0 saturated heterocycles.